The molecule has 0 radical (unpaired) electrons. The van der Waals surface area contributed by atoms with E-state index in [2.05, 4.69) is 14.7 Å². The first-order chi connectivity index (χ1) is 11.2. The quantitative estimate of drug-likeness (QED) is 0.515. The van der Waals surface area contributed by atoms with Crippen LogP contribution in [-0.2, 0) is 0 Å². The van der Waals surface area contributed by atoms with E-state index in [1.165, 1.54) is 12.3 Å². The van der Waals surface area contributed by atoms with E-state index in [1.54, 1.807) is 0 Å². The maximum absolute atomic E-state index is 14.1. The molecule has 0 atom stereocenters. The molecule has 1 aromatic heterocycles. The van der Waals surface area contributed by atoms with E-state index >= 15 is 0 Å². The van der Waals surface area contributed by atoms with Crippen LogP contribution in [0.1, 0.15) is 5.56 Å². The van der Waals surface area contributed by atoms with Gasteiger partial charge < -0.3 is 9.72 Å². The molecule has 24 heavy (non-hydrogen) atoms. The summed E-state index contributed by atoms with van der Waals surface area (Å²) < 4.78 is 68.7. The second-order valence-corrected chi connectivity index (χ2v) is 4.99. The lowest BCUT2D eigenvalue weighted by molar-refractivity contribution is -0.274. The SMILES string of the molecule is CSc1nc(-c2c(OC(F)(F)F)ccc(F)c2F)c(C#N)c(=O)[nH]1. The van der Waals surface area contributed by atoms with E-state index in [9.17, 15) is 26.7 Å². The molecule has 0 saturated carbocycles. The molecule has 0 amide bonds. The number of alkyl halides is 3. The lowest BCUT2D eigenvalue weighted by Gasteiger charge is -2.14. The molecular formula is C13H6F5N3O2S. The number of benzene rings is 1. The maximum atomic E-state index is 14.1. The highest BCUT2D eigenvalue weighted by Gasteiger charge is 2.34. The number of aromatic amines is 1. The van der Waals surface area contributed by atoms with E-state index in [0.717, 1.165) is 11.8 Å². The number of nitriles is 1. The third kappa shape index (κ3) is 3.48. The summed E-state index contributed by atoms with van der Waals surface area (Å²) in [7, 11) is 0. The molecule has 0 saturated heterocycles. The van der Waals surface area contributed by atoms with E-state index in [0.29, 0.717) is 12.1 Å². The molecule has 0 bridgehead atoms. The van der Waals surface area contributed by atoms with Gasteiger partial charge in [0.2, 0.25) is 0 Å². The van der Waals surface area contributed by atoms with Crippen LogP contribution in [0.15, 0.2) is 22.1 Å². The Balaban J connectivity index is 2.86. The van der Waals surface area contributed by atoms with Crippen molar-refractivity contribution in [2.75, 3.05) is 6.26 Å². The van der Waals surface area contributed by atoms with Crippen LogP contribution < -0.4 is 10.3 Å². The van der Waals surface area contributed by atoms with E-state index < -0.39 is 46.1 Å². The first-order valence-electron chi connectivity index (χ1n) is 6.00. The van der Waals surface area contributed by atoms with Gasteiger partial charge in [-0.25, -0.2) is 13.8 Å². The average Bonchev–Trinajstić information content (AvgIpc) is 2.49. The molecule has 0 fully saturated rings. The normalized spacial score (nSPS) is 11.2. The molecule has 5 nitrogen and oxygen atoms in total. The number of nitrogens with zero attached hydrogens (tertiary/aromatic N) is 2. The number of halogens is 5. The number of H-pyrrole nitrogens is 1. The van der Waals surface area contributed by atoms with Crippen molar-refractivity contribution in [1.29, 1.82) is 5.26 Å². The van der Waals surface area contributed by atoms with E-state index in [1.807, 2.05) is 0 Å². The van der Waals surface area contributed by atoms with Crippen molar-refractivity contribution in [3.8, 4) is 23.1 Å². The molecule has 126 valence electrons. The fourth-order valence-corrected chi connectivity index (χ4v) is 2.17. The second-order valence-electron chi connectivity index (χ2n) is 4.19. The Hall–Kier alpha value is -2.61. The monoisotopic (exact) mass is 363 g/mol. The number of hydrogen-bond acceptors (Lipinski definition) is 5. The predicted octanol–water partition coefficient (Wildman–Crippen LogP) is 3.21. The van der Waals surface area contributed by atoms with Gasteiger partial charge in [0.15, 0.2) is 16.8 Å². The van der Waals surface area contributed by atoms with Crippen molar-refractivity contribution in [1.82, 2.24) is 9.97 Å². The van der Waals surface area contributed by atoms with Crippen molar-refractivity contribution in [3.05, 3.63) is 39.7 Å². The fourth-order valence-electron chi connectivity index (χ4n) is 1.80. The van der Waals surface area contributed by atoms with Gasteiger partial charge in [-0.1, -0.05) is 11.8 Å². The van der Waals surface area contributed by atoms with Crippen molar-refractivity contribution in [2.45, 2.75) is 11.5 Å². The molecule has 2 aromatic rings. The minimum absolute atomic E-state index is 0.101. The first-order valence-corrected chi connectivity index (χ1v) is 7.23. The van der Waals surface area contributed by atoms with Gasteiger partial charge in [-0.2, -0.15) is 5.26 Å². The van der Waals surface area contributed by atoms with Gasteiger partial charge in [0.05, 0.1) is 5.56 Å². The Labute approximate surface area is 135 Å². The molecular weight excluding hydrogens is 357 g/mol. The Morgan fingerprint density at radius 3 is 2.54 bits per heavy atom. The first kappa shape index (κ1) is 17.7. The lowest BCUT2D eigenvalue weighted by atomic mass is 10.1. The molecule has 1 aromatic carbocycles. The predicted molar refractivity (Wildman–Crippen MR) is 73.4 cm³/mol. The van der Waals surface area contributed by atoms with Crippen LogP contribution in [-0.4, -0.2) is 22.6 Å². The molecule has 0 aliphatic carbocycles. The van der Waals surface area contributed by atoms with Crippen molar-refractivity contribution in [2.24, 2.45) is 0 Å². The number of rotatable bonds is 3. The van der Waals surface area contributed by atoms with Crippen molar-refractivity contribution in [3.63, 3.8) is 0 Å². The Morgan fingerprint density at radius 2 is 2.00 bits per heavy atom. The van der Waals surface area contributed by atoms with Crippen molar-refractivity contribution >= 4 is 11.8 Å². The largest absolute Gasteiger partial charge is 0.573 e. The van der Waals surface area contributed by atoms with Crippen LogP contribution in [0.25, 0.3) is 11.3 Å². The van der Waals surface area contributed by atoms with Gasteiger partial charge in [0.25, 0.3) is 5.56 Å². The zero-order chi connectivity index (χ0) is 18.1. The molecule has 0 spiro atoms. The summed E-state index contributed by atoms with van der Waals surface area (Å²) in [5.74, 6) is -4.34. The summed E-state index contributed by atoms with van der Waals surface area (Å²) >= 11 is 0.885. The van der Waals surface area contributed by atoms with Crippen LogP contribution >= 0.6 is 11.8 Å². The van der Waals surface area contributed by atoms with E-state index in [4.69, 9.17) is 5.26 Å². The molecule has 0 aliphatic heterocycles. The topological polar surface area (TPSA) is 78.8 Å². The Morgan fingerprint density at radius 1 is 1.33 bits per heavy atom. The minimum atomic E-state index is -5.20. The number of ether oxygens (including phenoxy) is 1. The summed E-state index contributed by atoms with van der Waals surface area (Å²) in [6.45, 7) is 0. The van der Waals surface area contributed by atoms with Crippen LogP contribution in [0.2, 0.25) is 0 Å². The molecule has 1 heterocycles. The van der Waals surface area contributed by atoms with Crippen LogP contribution in [0.3, 0.4) is 0 Å². The highest BCUT2D eigenvalue weighted by molar-refractivity contribution is 7.98. The third-order valence-electron chi connectivity index (χ3n) is 2.72. The molecule has 11 heteroatoms. The highest BCUT2D eigenvalue weighted by Crippen LogP contribution is 2.37. The van der Waals surface area contributed by atoms with Gasteiger partial charge >= 0.3 is 6.36 Å². The van der Waals surface area contributed by atoms with Crippen LogP contribution in [0.4, 0.5) is 22.0 Å². The molecule has 0 aliphatic rings. The summed E-state index contributed by atoms with van der Waals surface area (Å²) in [5.41, 5.74) is -3.59. The molecule has 2 rings (SSSR count). The highest BCUT2D eigenvalue weighted by atomic mass is 32.2. The van der Waals surface area contributed by atoms with Gasteiger partial charge in [0, 0.05) is 0 Å². The summed E-state index contributed by atoms with van der Waals surface area (Å²) in [6, 6.07) is 2.37. The number of hydrogen-bond donors (Lipinski definition) is 1. The number of aromatic nitrogens is 2. The standard InChI is InChI=1S/C13H6F5N3O2S/c1-24-12-20-10(5(4-19)11(22)21-12)8-7(23-13(16,17)18)3-2-6(14)9(8)15/h2-3H,1H3,(H,20,21,22). The molecule has 1 N–H and O–H groups in total. The maximum Gasteiger partial charge on any atom is 0.573 e. The zero-order valence-corrected chi connectivity index (χ0v) is 12.5. The third-order valence-corrected chi connectivity index (χ3v) is 3.30. The Bertz CT molecular complexity index is 889. The number of nitrogens with one attached hydrogen (secondary N) is 1. The fraction of sp³-hybridized carbons (Fsp3) is 0.154. The second kappa shape index (κ2) is 6.48. The van der Waals surface area contributed by atoms with Gasteiger partial charge in [-0.05, 0) is 18.4 Å². The van der Waals surface area contributed by atoms with Crippen LogP contribution in [0.5, 0.6) is 5.75 Å². The smallest absolute Gasteiger partial charge is 0.405 e. The average molecular weight is 363 g/mol. The van der Waals surface area contributed by atoms with Crippen LogP contribution in [0, 0.1) is 23.0 Å². The van der Waals surface area contributed by atoms with Crippen molar-refractivity contribution < 1.29 is 26.7 Å². The van der Waals surface area contributed by atoms with E-state index in [-0.39, 0.29) is 5.16 Å². The summed E-state index contributed by atoms with van der Waals surface area (Å²) in [4.78, 5) is 17.7. The number of thioether (sulfide) groups is 1. The lowest BCUT2D eigenvalue weighted by Crippen LogP contribution is -2.19. The van der Waals surface area contributed by atoms with Gasteiger partial charge in [-0.3, -0.25) is 4.79 Å². The summed E-state index contributed by atoms with van der Waals surface area (Å²) in [6.07, 6.45) is -3.72. The van der Waals surface area contributed by atoms with Gasteiger partial charge in [0.1, 0.15) is 23.1 Å². The molecule has 0 unspecified atom stereocenters. The summed E-state index contributed by atoms with van der Waals surface area (Å²) in [5, 5.41) is 8.91. The Kier molecular flexibility index (Phi) is 4.79. The zero-order valence-electron chi connectivity index (χ0n) is 11.7. The minimum Gasteiger partial charge on any atom is -0.405 e. The van der Waals surface area contributed by atoms with Gasteiger partial charge in [-0.15, -0.1) is 13.2 Å².